The van der Waals surface area contributed by atoms with Gasteiger partial charge in [0.25, 0.3) is 0 Å². The number of benzene rings is 1. The first-order valence-electron chi connectivity index (χ1n) is 3.62. The first-order chi connectivity index (χ1) is 6.02. The highest BCUT2D eigenvalue weighted by Crippen LogP contribution is 2.31. The number of rotatable bonds is 2. The van der Waals surface area contributed by atoms with Crippen LogP contribution in [0.4, 0.5) is 0 Å². The molecule has 0 aliphatic carbocycles. The molecule has 0 heterocycles. The van der Waals surface area contributed by atoms with Gasteiger partial charge in [0.15, 0.2) is 5.78 Å². The van der Waals surface area contributed by atoms with Gasteiger partial charge < -0.3 is 0 Å². The normalized spacial score (nSPS) is 12.6. The molecule has 0 fully saturated rings. The highest BCUT2D eigenvalue weighted by molar-refractivity contribution is 9.11. The summed E-state index contributed by atoms with van der Waals surface area (Å²) in [6.45, 7) is 1.48. The number of alkyl halides is 1. The van der Waals surface area contributed by atoms with Crippen LogP contribution < -0.4 is 0 Å². The fraction of sp³-hybridized carbons (Fsp3) is 0.222. The van der Waals surface area contributed by atoms with E-state index >= 15 is 0 Å². The van der Waals surface area contributed by atoms with Crippen molar-refractivity contribution in [3.05, 3.63) is 32.7 Å². The molecule has 1 atom stereocenters. The van der Waals surface area contributed by atoms with E-state index in [1.807, 2.05) is 18.2 Å². The fourth-order valence-corrected chi connectivity index (χ4v) is 2.09. The maximum absolute atomic E-state index is 11.0. The lowest BCUT2D eigenvalue weighted by molar-refractivity contribution is -0.116. The molecule has 1 unspecified atom stereocenters. The Labute approximate surface area is 98.7 Å². The Hall–Kier alpha value is 0.140. The van der Waals surface area contributed by atoms with Crippen molar-refractivity contribution >= 4 is 49.2 Å². The Bertz CT molecular complexity index is 338. The van der Waals surface area contributed by atoms with Crippen LogP contribution in [-0.2, 0) is 4.79 Å². The SMILES string of the molecule is CC(=O)C(Cl)c1cc(Br)ccc1Br. The molecule has 0 aliphatic rings. The smallest absolute Gasteiger partial charge is 0.152 e. The molecule has 0 saturated heterocycles. The number of halogens is 3. The molecule has 0 N–H and O–H groups in total. The van der Waals surface area contributed by atoms with Crippen LogP contribution in [0.25, 0.3) is 0 Å². The van der Waals surface area contributed by atoms with Gasteiger partial charge in [-0.2, -0.15) is 0 Å². The van der Waals surface area contributed by atoms with Gasteiger partial charge >= 0.3 is 0 Å². The molecule has 0 saturated carbocycles. The van der Waals surface area contributed by atoms with Gasteiger partial charge in [-0.3, -0.25) is 4.79 Å². The van der Waals surface area contributed by atoms with Crippen LogP contribution in [0.5, 0.6) is 0 Å². The summed E-state index contributed by atoms with van der Waals surface area (Å²) < 4.78 is 1.77. The minimum Gasteiger partial charge on any atom is -0.298 e. The van der Waals surface area contributed by atoms with Gasteiger partial charge in [0.05, 0.1) is 0 Å². The molecule has 1 aromatic carbocycles. The van der Waals surface area contributed by atoms with E-state index in [-0.39, 0.29) is 5.78 Å². The van der Waals surface area contributed by atoms with Crippen molar-refractivity contribution in [1.82, 2.24) is 0 Å². The summed E-state index contributed by atoms with van der Waals surface area (Å²) in [6.07, 6.45) is 0. The lowest BCUT2D eigenvalue weighted by Gasteiger charge is -2.08. The third-order valence-electron chi connectivity index (χ3n) is 1.59. The summed E-state index contributed by atoms with van der Waals surface area (Å²) in [7, 11) is 0. The van der Waals surface area contributed by atoms with E-state index in [2.05, 4.69) is 31.9 Å². The van der Waals surface area contributed by atoms with Crippen LogP contribution in [0.15, 0.2) is 27.1 Å². The van der Waals surface area contributed by atoms with Crippen molar-refractivity contribution in [3.8, 4) is 0 Å². The lowest BCUT2D eigenvalue weighted by Crippen LogP contribution is -2.02. The van der Waals surface area contributed by atoms with Gasteiger partial charge in [-0.25, -0.2) is 0 Å². The number of Topliss-reactive ketones (excluding diaryl/α,β-unsaturated/α-hetero) is 1. The average molecular weight is 326 g/mol. The van der Waals surface area contributed by atoms with Crippen molar-refractivity contribution in [2.45, 2.75) is 12.3 Å². The Morgan fingerprint density at radius 1 is 1.46 bits per heavy atom. The van der Waals surface area contributed by atoms with E-state index in [1.165, 1.54) is 6.92 Å². The Balaban J connectivity index is 3.12. The summed E-state index contributed by atoms with van der Waals surface area (Å²) in [5.41, 5.74) is 0.795. The maximum Gasteiger partial charge on any atom is 0.152 e. The molecule has 0 bridgehead atoms. The predicted octanol–water partition coefficient (Wildman–Crippen LogP) is 4.08. The van der Waals surface area contributed by atoms with Crippen molar-refractivity contribution in [1.29, 1.82) is 0 Å². The van der Waals surface area contributed by atoms with E-state index in [0.29, 0.717) is 0 Å². The van der Waals surface area contributed by atoms with Crippen molar-refractivity contribution in [2.24, 2.45) is 0 Å². The maximum atomic E-state index is 11.0. The summed E-state index contributed by atoms with van der Waals surface area (Å²) in [6, 6.07) is 5.58. The number of hydrogen-bond acceptors (Lipinski definition) is 1. The van der Waals surface area contributed by atoms with E-state index in [0.717, 1.165) is 14.5 Å². The summed E-state index contributed by atoms with van der Waals surface area (Å²) in [4.78, 5) is 11.0. The fourth-order valence-electron chi connectivity index (χ4n) is 0.928. The van der Waals surface area contributed by atoms with Gasteiger partial charge in [-0.1, -0.05) is 31.9 Å². The van der Waals surface area contributed by atoms with Gasteiger partial charge in [0.1, 0.15) is 5.38 Å². The molecule has 1 nitrogen and oxygen atoms in total. The largest absolute Gasteiger partial charge is 0.298 e. The molecule has 1 rings (SSSR count). The minimum absolute atomic E-state index is 0.0551. The van der Waals surface area contributed by atoms with E-state index in [9.17, 15) is 4.79 Å². The van der Waals surface area contributed by atoms with Gasteiger partial charge in [0, 0.05) is 8.95 Å². The molecular weight excluding hydrogens is 319 g/mol. The standard InChI is InChI=1S/C9H7Br2ClO/c1-5(13)9(12)7-4-6(10)2-3-8(7)11/h2-4,9H,1H3. The molecular formula is C9H7Br2ClO. The van der Waals surface area contributed by atoms with E-state index < -0.39 is 5.38 Å². The predicted molar refractivity (Wildman–Crippen MR) is 61.1 cm³/mol. The zero-order valence-corrected chi connectivity index (χ0v) is 10.8. The van der Waals surface area contributed by atoms with Crippen LogP contribution in [0.2, 0.25) is 0 Å². The Kier molecular flexibility index (Phi) is 3.95. The topological polar surface area (TPSA) is 17.1 Å². The van der Waals surface area contributed by atoms with E-state index in [1.54, 1.807) is 0 Å². The van der Waals surface area contributed by atoms with Crippen LogP contribution in [0.3, 0.4) is 0 Å². The summed E-state index contributed by atoms with van der Waals surface area (Å²) in [5.74, 6) is -0.0551. The van der Waals surface area contributed by atoms with Gasteiger partial charge in [-0.05, 0) is 30.7 Å². The van der Waals surface area contributed by atoms with Crippen molar-refractivity contribution in [2.75, 3.05) is 0 Å². The van der Waals surface area contributed by atoms with Crippen molar-refractivity contribution in [3.63, 3.8) is 0 Å². The highest BCUT2D eigenvalue weighted by Gasteiger charge is 2.16. The Morgan fingerprint density at radius 2 is 2.08 bits per heavy atom. The molecule has 0 radical (unpaired) electrons. The molecule has 13 heavy (non-hydrogen) atoms. The average Bonchev–Trinajstić information content (AvgIpc) is 2.08. The molecule has 0 spiro atoms. The van der Waals surface area contributed by atoms with Gasteiger partial charge in [-0.15, -0.1) is 11.6 Å². The Morgan fingerprint density at radius 3 is 2.62 bits per heavy atom. The van der Waals surface area contributed by atoms with Crippen LogP contribution in [-0.4, -0.2) is 5.78 Å². The molecule has 0 amide bonds. The monoisotopic (exact) mass is 324 g/mol. The second-order valence-corrected chi connectivity index (χ2v) is 4.85. The van der Waals surface area contributed by atoms with Crippen LogP contribution in [0, 0.1) is 0 Å². The van der Waals surface area contributed by atoms with Crippen LogP contribution in [0.1, 0.15) is 17.9 Å². The minimum atomic E-state index is -0.577. The zero-order chi connectivity index (χ0) is 10.0. The molecule has 0 aromatic heterocycles. The number of carbonyl (C=O) groups excluding carboxylic acids is 1. The zero-order valence-electron chi connectivity index (χ0n) is 6.85. The van der Waals surface area contributed by atoms with E-state index in [4.69, 9.17) is 11.6 Å². The highest BCUT2D eigenvalue weighted by atomic mass is 79.9. The first kappa shape index (κ1) is 11.2. The first-order valence-corrected chi connectivity index (χ1v) is 5.64. The lowest BCUT2D eigenvalue weighted by atomic mass is 10.1. The molecule has 4 heteroatoms. The third-order valence-corrected chi connectivity index (χ3v) is 3.35. The molecule has 0 aliphatic heterocycles. The van der Waals surface area contributed by atoms with Gasteiger partial charge in [0.2, 0.25) is 0 Å². The molecule has 70 valence electrons. The second-order valence-electron chi connectivity index (χ2n) is 2.64. The molecule has 1 aromatic rings. The summed E-state index contributed by atoms with van der Waals surface area (Å²) >= 11 is 12.6. The van der Waals surface area contributed by atoms with Crippen molar-refractivity contribution < 1.29 is 4.79 Å². The quantitative estimate of drug-likeness (QED) is 0.749. The van der Waals surface area contributed by atoms with Crippen LogP contribution >= 0.6 is 43.5 Å². The third kappa shape index (κ3) is 2.79. The number of hydrogen-bond donors (Lipinski definition) is 0. The second kappa shape index (κ2) is 4.58. The summed E-state index contributed by atoms with van der Waals surface area (Å²) in [5, 5.41) is -0.577. The number of carbonyl (C=O) groups is 1. The number of ketones is 1.